The zero-order valence-corrected chi connectivity index (χ0v) is 22.9. The number of hydrogen-bond donors (Lipinski definition) is 2. The number of carbonyl (C=O) groups excluding carboxylic acids is 3. The van der Waals surface area contributed by atoms with E-state index in [1.165, 1.54) is 6.08 Å². The number of fused-ring (bicyclic) bond motifs is 8. The number of ether oxygens (including phenoxy) is 2. The van der Waals surface area contributed by atoms with Crippen LogP contribution in [0.1, 0.15) is 60.3 Å². The number of esters is 1. The maximum Gasteiger partial charge on any atom is 0.306 e. The molecule has 38 heavy (non-hydrogen) atoms. The molecular weight excluding hydrogens is 486 g/mol. The molecule has 2 spiro atoms. The summed E-state index contributed by atoms with van der Waals surface area (Å²) in [6, 6.07) is 0. The highest BCUT2D eigenvalue weighted by Gasteiger charge is 2.75. The second kappa shape index (κ2) is 7.38. The SMILES string of the molecule is CC1=CC(=O)[C@@H]2[C@@H]([C@@H]1O)[C@]1(C)C=C3N4C[C@@H]5O[C@@]4(CC[C@@]3(C)[C@]3(COC(=O)C3)[C@H]1C(=O)[C@@H]2C)C[C@@H](C)[C@H]5O. The minimum absolute atomic E-state index is 0.00201. The van der Waals surface area contributed by atoms with Gasteiger partial charge in [-0.3, -0.25) is 14.4 Å². The number of nitrogens with zero attached hydrogens (tertiary/aromatic N) is 1. The quantitative estimate of drug-likeness (QED) is 0.464. The van der Waals surface area contributed by atoms with E-state index in [2.05, 4.69) is 24.8 Å². The molecule has 0 amide bonds. The van der Waals surface area contributed by atoms with Crippen molar-refractivity contribution in [3.05, 3.63) is 23.4 Å². The lowest BCUT2D eigenvalue weighted by atomic mass is 9.37. The van der Waals surface area contributed by atoms with Crippen LogP contribution in [0.3, 0.4) is 0 Å². The number of aliphatic hydroxyl groups excluding tert-OH is 2. The molecule has 1 saturated carbocycles. The first-order valence-electron chi connectivity index (χ1n) is 14.3. The lowest BCUT2D eigenvalue weighted by Crippen LogP contribution is -2.70. The zero-order valence-electron chi connectivity index (χ0n) is 22.9. The second-order valence-corrected chi connectivity index (χ2v) is 14.0. The summed E-state index contributed by atoms with van der Waals surface area (Å²) in [6.45, 7) is 10.6. The van der Waals surface area contributed by atoms with Gasteiger partial charge in [-0.15, -0.1) is 0 Å². The van der Waals surface area contributed by atoms with Crippen LogP contribution >= 0.6 is 0 Å². The van der Waals surface area contributed by atoms with Crippen molar-refractivity contribution >= 4 is 17.5 Å². The summed E-state index contributed by atoms with van der Waals surface area (Å²) < 4.78 is 12.3. The van der Waals surface area contributed by atoms with Crippen molar-refractivity contribution in [1.29, 1.82) is 0 Å². The zero-order chi connectivity index (χ0) is 27.2. The summed E-state index contributed by atoms with van der Waals surface area (Å²) >= 11 is 0. The van der Waals surface area contributed by atoms with Gasteiger partial charge in [0.15, 0.2) is 5.78 Å². The molecular formula is C30H39NO7. The Balaban J connectivity index is 1.48. The minimum Gasteiger partial charge on any atom is -0.465 e. The van der Waals surface area contributed by atoms with Gasteiger partial charge < -0.3 is 24.6 Å². The fraction of sp³-hybridized carbons (Fsp3) is 0.767. The Bertz CT molecular complexity index is 1220. The van der Waals surface area contributed by atoms with Crippen LogP contribution in [0.15, 0.2) is 23.4 Å². The molecule has 206 valence electrons. The lowest BCUT2D eigenvalue weighted by molar-refractivity contribution is -0.218. The van der Waals surface area contributed by atoms with Crippen molar-refractivity contribution in [1.82, 2.24) is 4.90 Å². The first-order chi connectivity index (χ1) is 17.8. The van der Waals surface area contributed by atoms with Crippen molar-refractivity contribution in [3.8, 4) is 0 Å². The third-order valence-corrected chi connectivity index (χ3v) is 12.3. The van der Waals surface area contributed by atoms with E-state index in [1.807, 2.05) is 13.8 Å². The number of Topliss-reactive ketones (excluding diaryl/α,β-unsaturated/α-hetero) is 1. The van der Waals surface area contributed by atoms with E-state index in [-0.39, 0.29) is 42.6 Å². The Labute approximate surface area is 223 Å². The van der Waals surface area contributed by atoms with Gasteiger partial charge in [0.2, 0.25) is 0 Å². The third kappa shape index (κ3) is 2.65. The number of ketones is 2. The molecule has 7 aliphatic rings. The molecule has 12 atom stereocenters. The molecule has 4 aliphatic heterocycles. The molecule has 8 heteroatoms. The van der Waals surface area contributed by atoms with Crippen molar-refractivity contribution in [2.45, 2.75) is 84.3 Å². The molecule has 4 saturated heterocycles. The Hall–Kier alpha value is -2.03. The highest BCUT2D eigenvalue weighted by molar-refractivity contribution is 6.00. The van der Waals surface area contributed by atoms with Crippen molar-refractivity contribution in [2.24, 2.45) is 45.8 Å². The van der Waals surface area contributed by atoms with Crippen LogP contribution in [0.4, 0.5) is 0 Å². The number of cyclic esters (lactones) is 1. The van der Waals surface area contributed by atoms with E-state index in [9.17, 15) is 24.6 Å². The van der Waals surface area contributed by atoms with E-state index < -0.39 is 57.8 Å². The Morgan fingerprint density at radius 1 is 1.11 bits per heavy atom. The highest BCUT2D eigenvalue weighted by Crippen LogP contribution is 2.73. The van der Waals surface area contributed by atoms with Crippen LogP contribution in [0.2, 0.25) is 0 Å². The van der Waals surface area contributed by atoms with Gasteiger partial charge in [-0.1, -0.05) is 33.8 Å². The summed E-state index contributed by atoms with van der Waals surface area (Å²) in [5.41, 5.74) is -1.10. The van der Waals surface area contributed by atoms with Crippen molar-refractivity contribution in [3.63, 3.8) is 0 Å². The molecule has 0 aromatic carbocycles. The summed E-state index contributed by atoms with van der Waals surface area (Å²) in [4.78, 5) is 43.0. The maximum atomic E-state index is 14.4. The number of hydrogen-bond acceptors (Lipinski definition) is 8. The van der Waals surface area contributed by atoms with E-state index in [1.54, 1.807) is 6.92 Å². The lowest BCUT2D eigenvalue weighted by Gasteiger charge is -2.67. The molecule has 0 unspecified atom stereocenters. The average molecular weight is 526 g/mol. The van der Waals surface area contributed by atoms with Gasteiger partial charge in [0.25, 0.3) is 0 Å². The first kappa shape index (κ1) is 25.0. The minimum atomic E-state index is -0.874. The second-order valence-electron chi connectivity index (χ2n) is 14.0. The third-order valence-electron chi connectivity index (χ3n) is 12.3. The number of allylic oxidation sites excluding steroid dienone is 3. The molecule has 4 heterocycles. The van der Waals surface area contributed by atoms with Gasteiger partial charge in [-0.05, 0) is 37.3 Å². The summed E-state index contributed by atoms with van der Waals surface area (Å²) in [5, 5.41) is 22.5. The summed E-state index contributed by atoms with van der Waals surface area (Å²) in [5.74, 6) is -2.55. The predicted molar refractivity (Wildman–Crippen MR) is 135 cm³/mol. The van der Waals surface area contributed by atoms with Gasteiger partial charge in [0.05, 0.1) is 25.2 Å². The number of aliphatic hydroxyl groups is 2. The maximum absolute atomic E-state index is 14.4. The summed E-state index contributed by atoms with van der Waals surface area (Å²) in [6.07, 6.45) is 4.27. The normalized spacial score (nSPS) is 55.0. The van der Waals surface area contributed by atoms with Crippen molar-refractivity contribution < 1.29 is 34.1 Å². The Morgan fingerprint density at radius 2 is 1.84 bits per heavy atom. The number of piperidine rings is 1. The molecule has 2 bridgehead atoms. The number of rotatable bonds is 0. The molecule has 7 rings (SSSR count). The fourth-order valence-corrected chi connectivity index (χ4v) is 10.3. The van der Waals surface area contributed by atoms with Crippen molar-refractivity contribution in [2.75, 3.05) is 13.2 Å². The predicted octanol–water partition coefficient (Wildman–Crippen LogP) is 2.38. The molecule has 8 nitrogen and oxygen atoms in total. The van der Waals surface area contributed by atoms with Crippen LogP contribution in [0.5, 0.6) is 0 Å². The van der Waals surface area contributed by atoms with Gasteiger partial charge in [0.1, 0.15) is 17.6 Å². The van der Waals surface area contributed by atoms with Gasteiger partial charge in [-0.2, -0.15) is 0 Å². The van der Waals surface area contributed by atoms with Crippen LogP contribution in [-0.2, 0) is 23.9 Å². The average Bonchev–Trinajstić information content (AvgIpc) is 3.40. The van der Waals surface area contributed by atoms with E-state index in [0.29, 0.717) is 18.5 Å². The Kier molecular flexibility index (Phi) is 4.85. The molecule has 5 fully saturated rings. The molecule has 0 aromatic rings. The van der Waals surface area contributed by atoms with Gasteiger partial charge in [0, 0.05) is 58.6 Å². The smallest absolute Gasteiger partial charge is 0.306 e. The van der Waals surface area contributed by atoms with E-state index in [0.717, 1.165) is 18.5 Å². The molecule has 0 radical (unpaired) electrons. The monoisotopic (exact) mass is 525 g/mol. The molecule has 3 aliphatic carbocycles. The Morgan fingerprint density at radius 3 is 2.53 bits per heavy atom. The number of carbonyl (C=O) groups is 3. The van der Waals surface area contributed by atoms with E-state index in [4.69, 9.17) is 9.47 Å². The van der Waals surface area contributed by atoms with Crippen LogP contribution in [0, 0.1) is 45.8 Å². The highest BCUT2D eigenvalue weighted by atomic mass is 16.6. The molecule has 0 aromatic heterocycles. The molecule has 2 N–H and O–H groups in total. The van der Waals surface area contributed by atoms with E-state index >= 15 is 0 Å². The first-order valence-corrected chi connectivity index (χ1v) is 14.3. The topological polar surface area (TPSA) is 113 Å². The van der Waals surface area contributed by atoms with Gasteiger partial charge >= 0.3 is 5.97 Å². The van der Waals surface area contributed by atoms with Crippen LogP contribution in [-0.4, -0.2) is 69.8 Å². The van der Waals surface area contributed by atoms with Crippen LogP contribution in [0.25, 0.3) is 0 Å². The summed E-state index contributed by atoms with van der Waals surface area (Å²) in [7, 11) is 0. The van der Waals surface area contributed by atoms with Gasteiger partial charge in [-0.25, -0.2) is 0 Å². The van der Waals surface area contributed by atoms with Crippen LogP contribution < -0.4 is 0 Å². The largest absolute Gasteiger partial charge is 0.465 e. The standard InChI is InChI=1S/C30H39NO7/c1-14-8-17(32)21-16(3)25(36)26-27(4,22(21)24(14)35)10-19-28(5,29(26)11-20(33)37-13-29)6-7-30-9-15(2)23(34)18(38-30)12-31(19)30/h8,10,15-16,18,21-24,26,34-35H,6-7,9,11-13H2,1-5H3/t15-,16-,18+,21-,22+,23-,24-,26+,27+,28-,29-,30+/m1/s1. The fourth-order valence-electron chi connectivity index (χ4n) is 10.3.